The highest BCUT2D eigenvalue weighted by Crippen LogP contribution is 2.32. The summed E-state index contributed by atoms with van der Waals surface area (Å²) in [5.74, 6) is -0.570. The number of hydrogen-bond acceptors (Lipinski definition) is 4. The minimum Gasteiger partial charge on any atom is -0.480 e. The van der Waals surface area contributed by atoms with E-state index in [-0.39, 0.29) is 11.8 Å². The Morgan fingerprint density at radius 3 is 2.37 bits per heavy atom. The highest BCUT2D eigenvalue weighted by Gasteiger charge is 2.33. The molecule has 2 aliphatic carbocycles. The van der Waals surface area contributed by atoms with Crippen LogP contribution in [0.2, 0.25) is 0 Å². The molecule has 0 amide bonds. The van der Waals surface area contributed by atoms with E-state index in [1.165, 1.54) is 23.6 Å². The number of carbonyl (C=O) groups excluding carboxylic acids is 1. The van der Waals surface area contributed by atoms with Gasteiger partial charge in [0.2, 0.25) is 0 Å². The molecule has 2 N–H and O–H groups in total. The molecule has 3 aliphatic rings. The van der Waals surface area contributed by atoms with Crippen molar-refractivity contribution in [2.75, 3.05) is 0 Å². The van der Waals surface area contributed by atoms with Gasteiger partial charge in [-0.1, -0.05) is 48.5 Å². The van der Waals surface area contributed by atoms with Crippen LogP contribution in [-0.2, 0) is 24.2 Å². The van der Waals surface area contributed by atoms with E-state index in [0.29, 0.717) is 18.8 Å². The van der Waals surface area contributed by atoms with Gasteiger partial charge in [-0.05, 0) is 36.1 Å². The van der Waals surface area contributed by atoms with Gasteiger partial charge in [0.1, 0.15) is 6.04 Å². The number of carbonyl (C=O) groups is 2. The van der Waals surface area contributed by atoms with Crippen LogP contribution in [-0.4, -0.2) is 32.5 Å². The van der Waals surface area contributed by atoms with Gasteiger partial charge in [-0.25, -0.2) is 4.98 Å². The van der Waals surface area contributed by atoms with E-state index in [9.17, 15) is 14.7 Å². The average Bonchev–Trinajstić information content (AvgIpc) is 3.15. The largest absolute Gasteiger partial charge is 0.480 e. The van der Waals surface area contributed by atoms with Gasteiger partial charge in [-0.15, -0.1) is 0 Å². The maximum Gasteiger partial charge on any atom is 0.321 e. The van der Waals surface area contributed by atoms with E-state index in [4.69, 9.17) is 0 Å². The summed E-state index contributed by atoms with van der Waals surface area (Å²) in [4.78, 5) is 27.9. The molecule has 2 aromatic rings. The third-order valence-electron chi connectivity index (χ3n) is 5.55. The molecule has 0 radical (unpaired) electrons. The maximum atomic E-state index is 12.0. The zero-order valence-electron chi connectivity index (χ0n) is 17.1. The fourth-order valence-corrected chi connectivity index (χ4v) is 3.93. The molecule has 1 aromatic carbocycles. The molecule has 0 spiro atoms. The predicted molar refractivity (Wildman–Crippen MR) is 114 cm³/mol. The molecular formula is C24H25N3O3. The van der Waals surface area contributed by atoms with Gasteiger partial charge in [0.05, 0.1) is 5.69 Å². The summed E-state index contributed by atoms with van der Waals surface area (Å²) in [6, 6.07) is 17.7. The Labute approximate surface area is 175 Å². The lowest BCUT2D eigenvalue weighted by Gasteiger charge is -2.26. The van der Waals surface area contributed by atoms with Crippen molar-refractivity contribution in [1.82, 2.24) is 14.9 Å². The lowest BCUT2D eigenvalue weighted by Crippen LogP contribution is -2.44. The van der Waals surface area contributed by atoms with Crippen molar-refractivity contribution < 1.29 is 14.7 Å². The molecular weight excluding hydrogens is 378 g/mol. The molecule has 1 aromatic heterocycles. The van der Waals surface area contributed by atoms with Gasteiger partial charge in [0.15, 0.2) is 11.6 Å². The number of rotatable bonds is 5. The highest BCUT2D eigenvalue weighted by atomic mass is 16.4. The number of carboxylic acid groups (broad SMARTS) is 1. The van der Waals surface area contributed by atoms with Crippen molar-refractivity contribution in [3.63, 3.8) is 0 Å². The number of aromatic nitrogens is 2. The summed E-state index contributed by atoms with van der Waals surface area (Å²) in [6.07, 6.45) is 1.10. The summed E-state index contributed by atoms with van der Waals surface area (Å²) >= 11 is 0. The number of nitrogens with zero attached hydrogens (tertiary/aromatic N) is 2. The molecule has 2 heterocycles. The van der Waals surface area contributed by atoms with Crippen LogP contribution in [0.25, 0.3) is 11.1 Å². The summed E-state index contributed by atoms with van der Waals surface area (Å²) in [6.45, 7) is 3.99. The Hall–Kier alpha value is -3.25. The first-order valence-electron chi connectivity index (χ1n) is 10.2. The van der Waals surface area contributed by atoms with Gasteiger partial charge in [0.25, 0.3) is 0 Å². The van der Waals surface area contributed by atoms with Gasteiger partial charge < -0.3 is 9.67 Å². The second kappa shape index (κ2) is 8.24. The molecule has 0 saturated heterocycles. The smallest absolute Gasteiger partial charge is 0.321 e. The van der Waals surface area contributed by atoms with Gasteiger partial charge >= 0.3 is 5.97 Å². The van der Waals surface area contributed by atoms with Crippen molar-refractivity contribution in [3.05, 3.63) is 77.4 Å². The molecule has 2 atom stereocenters. The quantitative estimate of drug-likeness (QED) is 0.497. The number of aryl methyl sites for hydroxylation is 1. The topological polar surface area (TPSA) is 84.2 Å². The fourth-order valence-electron chi connectivity index (χ4n) is 3.93. The number of carboxylic acids is 1. The second-order valence-electron chi connectivity index (χ2n) is 7.77. The van der Waals surface area contributed by atoms with Crippen molar-refractivity contribution in [3.8, 4) is 11.1 Å². The zero-order chi connectivity index (χ0) is 21.3. The van der Waals surface area contributed by atoms with E-state index < -0.39 is 12.0 Å². The molecule has 0 saturated carbocycles. The summed E-state index contributed by atoms with van der Waals surface area (Å²) in [5, 5.41) is 12.4. The van der Waals surface area contributed by atoms with E-state index in [1.807, 2.05) is 41.8 Å². The molecule has 0 fully saturated rings. The number of hydrogen-bond donors (Lipinski definition) is 2. The van der Waals surface area contributed by atoms with Gasteiger partial charge in [-0.2, -0.15) is 0 Å². The predicted octanol–water partition coefficient (Wildman–Crippen LogP) is 3.66. The van der Waals surface area contributed by atoms with Crippen LogP contribution in [0.1, 0.15) is 47.5 Å². The van der Waals surface area contributed by atoms with Crippen LogP contribution in [0.5, 0.6) is 0 Å². The van der Waals surface area contributed by atoms with E-state index in [2.05, 4.69) is 34.6 Å². The first kappa shape index (κ1) is 20.0. The Morgan fingerprint density at radius 1 is 1.13 bits per heavy atom. The lowest BCUT2D eigenvalue weighted by molar-refractivity contribution is -0.139. The number of ketones is 1. The first-order chi connectivity index (χ1) is 14.4. The van der Waals surface area contributed by atoms with Crippen molar-refractivity contribution in [1.29, 1.82) is 0 Å². The lowest BCUT2D eigenvalue weighted by atomic mass is 10.00. The normalized spacial score (nSPS) is 18.1. The van der Waals surface area contributed by atoms with Crippen molar-refractivity contribution >= 4 is 11.8 Å². The van der Waals surface area contributed by atoms with Crippen LogP contribution in [0.3, 0.4) is 0 Å². The Morgan fingerprint density at radius 2 is 1.83 bits per heavy atom. The van der Waals surface area contributed by atoms with Crippen LogP contribution in [0.15, 0.2) is 54.6 Å². The van der Waals surface area contributed by atoms with Gasteiger partial charge in [-0.3, -0.25) is 14.9 Å². The molecule has 0 bridgehead atoms. The maximum absolute atomic E-state index is 12.0. The molecule has 2 unspecified atom stereocenters. The standard InChI is InChI=1S/C18H21N3O3.C6H4/c1-11-16-15(10-14(19-11)18(23)24)21(17(20-16)12(2)22)9-8-13-6-4-3-5-7-13;1-2-5-4-6(5)3-1/h3-7,11,14,19H,8-10H2,1-2H3,(H,23,24);1-4H. The molecule has 6 heteroatoms. The van der Waals surface area contributed by atoms with Crippen molar-refractivity contribution in [2.45, 2.75) is 45.3 Å². The summed E-state index contributed by atoms with van der Waals surface area (Å²) in [5.41, 5.74) is 5.66. The highest BCUT2D eigenvalue weighted by molar-refractivity contribution is 5.91. The molecule has 154 valence electrons. The zero-order valence-corrected chi connectivity index (χ0v) is 17.1. The third kappa shape index (κ3) is 4.19. The monoisotopic (exact) mass is 403 g/mol. The SMILES string of the molecule is CC(=O)c1nc2c(n1CCc1ccccc1)CC(C(=O)O)NC2C.c1cc2cc-2c1. The number of benzene rings is 2. The molecule has 1 aliphatic heterocycles. The number of Topliss-reactive ketones (excluding diaryl/α,β-unsaturated/α-hetero) is 1. The summed E-state index contributed by atoms with van der Waals surface area (Å²) in [7, 11) is 0. The number of fused-ring (bicyclic) bond motifs is 2. The van der Waals surface area contributed by atoms with Crippen molar-refractivity contribution in [2.24, 2.45) is 0 Å². The molecule has 6 nitrogen and oxygen atoms in total. The second-order valence-corrected chi connectivity index (χ2v) is 7.77. The Bertz CT molecular complexity index is 1070. The Kier molecular flexibility index (Phi) is 5.50. The first-order valence-corrected chi connectivity index (χ1v) is 10.2. The molecule has 5 rings (SSSR count). The summed E-state index contributed by atoms with van der Waals surface area (Å²) < 4.78 is 1.90. The fraction of sp³-hybridized carbons (Fsp3) is 0.292. The number of aliphatic carboxylic acids is 1. The van der Waals surface area contributed by atoms with Gasteiger partial charge in [0, 0.05) is 31.6 Å². The Balaban J connectivity index is 0.000000305. The van der Waals surface area contributed by atoms with Crippen LogP contribution < -0.4 is 5.32 Å². The van der Waals surface area contributed by atoms with E-state index in [1.54, 1.807) is 0 Å². The molecule has 30 heavy (non-hydrogen) atoms. The van der Waals surface area contributed by atoms with Crippen LogP contribution in [0.4, 0.5) is 0 Å². The van der Waals surface area contributed by atoms with E-state index in [0.717, 1.165) is 17.8 Å². The van der Waals surface area contributed by atoms with Crippen LogP contribution in [0, 0.1) is 0 Å². The minimum absolute atomic E-state index is 0.100. The minimum atomic E-state index is -0.882. The number of imidazole rings is 1. The number of nitrogens with one attached hydrogen (secondary N) is 1. The van der Waals surface area contributed by atoms with E-state index >= 15 is 0 Å². The third-order valence-corrected chi connectivity index (χ3v) is 5.55. The average molecular weight is 403 g/mol. The van der Waals surface area contributed by atoms with Crippen LogP contribution >= 0.6 is 0 Å².